The van der Waals surface area contributed by atoms with Crippen LogP contribution in [-0.4, -0.2) is 76.8 Å². The van der Waals surface area contributed by atoms with Gasteiger partial charge in [0.05, 0.1) is 39.6 Å². The maximum Gasteiger partial charge on any atom is 0.187 e. The van der Waals surface area contributed by atoms with Crippen molar-refractivity contribution in [2.24, 2.45) is 0 Å². The summed E-state index contributed by atoms with van der Waals surface area (Å²) < 4.78 is 29.6. The summed E-state index contributed by atoms with van der Waals surface area (Å²) in [5, 5.41) is 3.36. The predicted molar refractivity (Wildman–Crippen MR) is 98.1 cm³/mol. The zero-order valence-electron chi connectivity index (χ0n) is 16.2. The molecule has 146 valence electrons. The van der Waals surface area contributed by atoms with Gasteiger partial charge in [-0.3, -0.25) is 0 Å². The van der Waals surface area contributed by atoms with Crippen molar-refractivity contribution in [3.8, 4) is 0 Å². The smallest absolute Gasteiger partial charge is 0.187 e. The first kappa shape index (κ1) is 24.1. The minimum atomic E-state index is -0.917. The number of rotatable bonds is 17. The van der Waals surface area contributed by atoms with Gasteiger partial charge in [-0.15, -0.1) is 0 Å². The van der Waals surface area contributed by atoms with Crippen molar-refractivity contribution in [3.05, 3.63) is 0 Å². The molecule has 0 aromatic rings. The van der Waals surface area contributed by atoms with Gasteiger partial charge < -0.3 is 23.5 Å². The number of methoxy groups -OCH3 is 1. The third-order valence-electron chi connectivity index (χ3n) is 3.02. The highest BCUT2D eigenvalue weighted by Crippen LogP contribution is 2.40. The van der Waals surface area contributed by atoms with E-state index in [1.54, 1.807) is 7.11 Å². The standard InChI is InChI=1S/C16H37N2O5P/c1-7-20-14-17-24(18(15(2)3)16(4)5)23-13-12-22-11-10-21-9-8-19-6/h15-17H,7-14H2,1-6H3. The molecule has 0 spiro atoms. The van der Waals surface area contributed by atoms with Crippen LogP contribution < -0.4 is 5.09 Å². The van der Waals surface area contributed by atoms with Crippen molar-refractivity contribution in [1.82, 2.24) is 9.76 Å². The van der Waals surface area contributed by atoms with Crippen LogP contribution in [0.5, 0.6) is 0 Å². The minimum Gasteiger partial charge on any atom is -0.382 e. The summed E-state index contributed by atoms with van der Waals surface area (Å²) in [5.74, 6) is 0. The lowest BCUT2D eigenvalue weighted by Gasteiger charge is -2.36. The van der Waals surface area contributed by atoms with Crippen LogP contribution in [0.4, 0.5) is 0 Å². The Labute approximate surface area is 149 Å². The molecule has 0 aromatic heterocycles. The Kier molecular flexibility index (Phi) is 16.7. The molecule has 0 aliphatic carbocycles. The van der Waals surface area contributed by atoms with E-state index in [1.165, 1.54) is 0 Å². The van der Waals surface area contributed by atoms with Crippen molar-refractivity contribution in [1.29, 1.82) is 0 Å². The van der Waals surface area contributed by atoms with Crippen LogP contribution in [0, 0.1) is 0 Å². The maximum absolute atomic E-state index is 6.03. The van der Waals surface area contributed by atoms with Gasteiger partial charge in [0.25, 0.3) is 0 Å². The number of hydrogen-bond acceptors (Lipinski definition) is 7. The third kappa shape index (κ3) is 12.5. The first-order valence-electron chi connectivity index (χ1n) is 8.71. The normalized spacial score (nSPS) is 13.4. The molecule has 0 fully saturated rings. The van der Waals surface area contributed by atoms with Crippen molar-refractivity contribution in [2.45, 2.75) is 46.7 Å². The molecule has 0 rings (SSSR count). The second-order valence-electron chi connectivity index (χ2n) is 5.69. The fourth-order valence-electron chi connectivity index (χ4n) is 2.06. The van der Waals surface area contributed by atoms with E-state index in [2.05, 4.69) is 37.5 Å². The van der Waals surface area contributed by atoms with E-state index in [0.29, 0.717) is 65.1 Å². The van der Waals surface area contributed by atoms with E-state index in [0.717, 1.165) is 0 Å². The predicted octanol–water partition coefficient (Wildman–Crippen LogP) is 2.61. The quantitative estimate of drug-likeness (QED) is 0.241. The summed E-state index contributed by atoms with van der Waals surface area (Å²) >= 11 is 0. The summed E-state index contributed by atoms with van der Waals surface area (Å²) in [6.45, 7) is 15.3. The van der Waals surface area contributed by atoms with E-state index in [1.807, 2.05) is 6.92 Å². The highest BCUT2D eigenvalue weighted by atomic mass is 31.2. The molecule has 0 saturated heterocycles. The molecule has 0 saturated carbocycles. The van der Waals surface area contributed by atoms with Crippen molar-refractivity contribution in [2.75, 3.05) is 60.1 Å². The summed E-state index contributed by atoms with van der Waals surface area (Å²) in [6, 6.07) is 0.778. The molecule has 7 nitrogen and oxygen atoms in total. The summed E-state index contributed by atoms with van der Waals surface area (Å²) in [6.07, 6.45) is 0. The van der Waals surface area contributed by atoms with Crippen LogP contribution in [0.15, 0.2) is 0 Å². The van der Waals surface area contributed by atoms with Crippen molar-refractivity contribution < 1.29 is 23.5 Å². The maximum atomic E-state index is 6.03. The number of nitrogens with zero attached hydrogens (tertiary/aromatic N) is 1. The molecule has 1 atom stereocenters. The molecule has 24 heavy (non-hydrogen) atoms. The lowest BCUT2D eigenvalue weighted by atomic mass is 10.3. The monoisotopic (exact) mass is 368 g/mol. The first-order valence-corrected chi connectivity index (χ1v) is 9.92. The largest absolute Gasteiger partial charge is 0.382 e. The molecular weight excluding hydrogens is 331 g/mol. The van der Waals surface area contributed by atoms with Crippen LogP contribution in [0.3, 0.4) is 0 Å². The summed E-state index contributed by atoms with van der Waals surface area (Å²) in [4.78, 5) is 0. The molecule has 0 amide bonds. The molecule has 0 aromatic carbocycles. The van der Waals surface area contributed by atoms with E-state index < -0.39 is 8.45 Å². The SMILES string of the molecule is CCOCNP(OCCOCCOCCOC)N(C(C)C)C(C)C. The second kappa shape index (κ2) is 16.6. The van der Waals surface area contributed by atoms with E-state index >= 15 is 0 Å². The van der Waals surface area contributed by atoms with Gasteiger partial charge in [0, 0.05) is 25.8 Å². The number of nitrogens with one attached hydrogen (secondary N) is 1. The molecule has 0 aliphatic rings. The van der Waals surface area contributed by atoms with Gasteiger partial charge in [-0.1, -0.05) is 0 Å². The number of hydrogen-bond donors (Lipinski definition) is 1. The van der Waals surface area contributed by atoms with Gasteiger partial charge in [0.15, 0.2) is 8.45 Å². The molecule has 0 radical (unpaired) electrons. The van der Waals surface area contributed by atoms with Crippen molar-refractivity contribution >= 4 is 8.45 Å². The van der Waals surface area contributed by atoms with Gasteiger partial charge in [-0.25, -0.2) is 9.76 Å². The van der Waals surface area contributed by atoms with Crippen LogP contribution >= 0.6 is 8.45 Å². The third-order valence-corrected chi connectivity index (χ3v) is 5.19. The Balaban J connectivity index is 4.03. The molecule has 8 heteroatoms. The molecule has 1 N–H and O–H groups in total. The fourth-order valence-corrected chi connectivity index (χ4v) is 3.74. The molecular formula is C16H37N2O5P. The highest BCUT2D eigenvalue weighted by molar-refractivity contribution is 7.47. The first-order chi connectivity index (χ1) is 11.5. The van der Waals surface area contributed by atoms with E-state index in [-0.39, 0.29) is 0 Å². The van der Waals surface area contributed by atoms with Gasteiger partial charge >= 0.3 is 0 Å². The zero-order valence-corrected chi connectivity index (χ0v) is 17.1. The van der Waals surface area contributed by atoms with Crippen molar-refractivity contribution in [3.63, 3.8) is 0 Å². The lowest BCUT2D eigenvalue weighted by Crippen LogP contribution is -2.37. The zero-order chi connectivity index (χ0) is 18.2. The van der Waals surface area contributed by atoms with Gasteiger partial charge in [0.1, 0.15) is 6.73 Å². The second-order valence-corrected chi connectivity index (χ2v) is 7.27. The topological polar surface area (TPSA) is 61.4 Å². The Morgan fingerprint density at radius 2 is 1.38 bits per heavy atom. The number of ether oxygens (including phenoxy) is 4. The van der Waals surface area contributed by atoms with Gasteiger partial charge in [-0.05, 0) is 34.6 Å². The average Bonchev–Trinajstić information content (AvgIpc) is 2.52. The Bertz CT molecular complexity index is 265. The lowest BCUT2D eigenvalue weighted by molar-refractivity contribution is 0.0177. The van der Waals surface area contributed by atoms with Crippen LogP contribution in [0.25, 0.3) is 0 Å². The molecule has 0 bridgehead atoms. The summed E-state index contributed by atoms with van der Waals surface area (Å²) in [7, 11) is 0.743. The molecule has 1 unspecified atom stereocenters. The summed E-state index contributed by atoms with van der Waals surface area (Å²) in [5.41, 5.74) is 0. The van der Waals surface area contributed by atoms with Gasteiger partial charge in [-0.2, -0.15) is 0 Å². The van der Waals surface area contributed by atoms with E-state index in [9.17, 15) is 0 Å². The molecule has 0 heterocycles. The fraction of sp³-hybridized carbons (Fsp3) is 1.00. The Morgan fingerprint density at radius 3 is 1.88 bits per heavy atom. The average molecular weight is 368 g/mol. The Hall–Kier alpha value is 0.150. The minimum absolute atomic E-state index is 0.389. The van der Waals surface area contributed by atoms with Crippen LogP contribution in [0.2, 0.25) is 0 Å². The van der Waals surface area contributed by atoms with E-state index in [4.69, 9.17) is 23.5 Å². The highest BCUT2D eigenvalue weighted by Gasteiger charge is 2.25. The van der Waals surface area contributed by atoms with Crippen LogP contribution in [-0.2, 0) is 23.5 Å². The Morgan fingerprint density at radius 1 is 0.833 bits per heavy atom. The van der Waals surface area contributed by atoms with Gasteiger partial charge in [0.2, 0.25) is 0 Å². The van der Waals surface area contributed by atoms with Crippen LogP contribution in [0.1, 0.15) is 34.6 Å². The molecule has 0 aliphatic heterocycles.